The first kappa shape index (κ1) is 9.20. The van der Waals surface area contributed by atoms with Crippen LogP contribution in [0.15, 0.2) is 17.0 Å². The van der Waals surface area contributed by atoms with Gasteiger partial charge in [-0.1, -0.05) is 5.21 Å². The normalized spacial score (nSPS) is 10.7. The number of nitrogen functional groups attached to an aromatic ring is 1. The average Bonchev–Trinajstić information content (AvgIpc) is 2.61. The van der Waals surface area contributed by atoms with E-state index in [0.29, 0.717) is 12.4 Å². The lowest BCUT2D eigenvalue weighted by molar-refractivity contribution is 0.648. The van der Waals surface area contributed by atoms with Gasteiger partial charge in [0.2, 0.25) is 0 Å². The summed E-state index contributed by atoms with van der Waals surface area (Å²) < 4.78 is 4.21. The maximum absolute atomic E-state index is 5.45. The lowest BCUT2D eigenvalue weighted by Gasteiger charge is -1.95. The van der Waals surface area contributed by atoms with E-state index in [1.807, 2.05) is 13.2 Å². The first-order valence-corrected chi connectivity index (χ1v) is 4.78. The summed E-state index contributed by atoms with van der Waals surface area (Å²) in [6.45, 7) is 0.610. The quantitative estimate of drug-likeness (QED) is 0.845. The lowest BCUT2D eigenvalue weighted by atomic mass is 10.4. The van der Waals surface area contributed by atoms with Gasteiger partial charge in [0.05, 0.1) is 12.7 Å². The summed E-state index contributed by atoms with van der Waals surface area (Å²) in [5.74, 6) is 0.421. The van der Waals surface area contributed by atoms with E-state index in [0.717, 1.165) is 10.2 Å². The standard InChI is InChI=1S/C7H9BrN6/c1-13-2-5(7(8)11-13)3-14-4-6(9)10-12-14/h2,4H,3,9H2,1H3. The van der Waals surface area contributed by atoms with Crippen LogP contribution < -0.4 is 5.73 Å². The highest BCUT2D eigenvalue weighted by molar-refractivity contribution is 9.10. The van der Waals surface area contributed by atoms with Crippen molar-refractivity contribution in [2.24, 2.45) is 7.05 Å². The van der Waals surface area contributed by atoms with Gasteiger partial charge in [0, 0.05) is 18.8 Å². The molecule has 0 aromatic carbocycles. The Hall–Kier alpha value is -1.37. The Bertz CT molecular complexity index is 445. The number of aryl methyl sites for hydroxylation is 1. The van der Waals surface area contributed by atoms with Crippen LogP contribution in [-0.2, 0) is 13.6 Å². The van der Waals surface area contributed by atoms with E-state index in [9.17, 15) is 0 Å². The van der Waals surface area contributed by atoms with Gasteiger partial charge in [0.1, 0.15) is 4.60 Å². The van der Waals surface area contributed by atoms with Crippen LogP contribution in [0.25, 0.3) is 0 Å². The number of hydrogen-bond acceptors (Lipinski definition) is 4. The van der Waals surface area contributed by atoms with Gasteiger partial charge in [-0.25, -0.2) is 4.68 Å². The number of anilines is 1. The van der Waals surface area contributed by atoms with E-state index in [1.165, 1.54) is 0 Å². The number of nitrogens with zero attached hydrogens (tertiary/aromatic N) is 5. The molecular weight excluding hydrogens is 248 g/mol. The first-order valence-electron chi connectivity index (χ1n) is 3.99. The van der Waals surface area contributed by atoms with E-state index in [2.05, 4.69) is 31.3 Å². The molecular formula is C7H9BrN6. The third kappa shape index (κ3) is 1.77. The van der Waals surface area contributed by atoms with E-state index in [4.69, 9.17) is 5.73 Å². The van der Waals surface area contributed by atoms with Crippen LogP contribution in [-0.4, -0.2) is 24.8 Å². The van der Waals surface area contributed by atoms with Gasteiger partial charge in [-0.3, -0.25) is 4.68 Å². The maximum Gasteiger partial charge on any atom is 0.165 e. The number of rotatable bonds is 2. The van der Waals surface area contributed by atoms with E-state index >= 15 is 0 Å². The van der Waals surface area contributed by atoms with Gasteiger partial charge < -0.3 is 5.73 Å². The Morgan fingerprint density at radius 1 is 1.50 bits per heavy atom. The molecule has 0 unspecified atom stereocenters. The summed E-state index contributed by atoms with van der Waals surface area (Å²) >= 11 is 3.36. The van der Waals surface area contributed by atoms with Crippen LogP contribution in [0.2, 0.25) is 0 Å². The van der Waals surface area contributed by atoms with Crippen molar-refractivity contribution in [2.45, 2.75) is 6.54 Å². The van der Waals surface area contributed by atoms with Crippen LogP contribution in [0.1, 0.15) is 5.56 Å². The highest BCUT2D eigenvalue weighted by Crippen LogP contribution is 2.14. The van der Waals surface area contributed by atoms with Crippen molar-refractivity contribution in [2.75, 3.05) is 5.73 Å². The molecule has 2 aromatic rings. The molecule has 0 amide bonds. The minimum atomic E-state index is 0.421. The van der Waals surface area contributed by atoms with Crippen LogP contribution in [0.3, 0.4) is 0 Å². The summed E-state index contributed by atoms with van der Waals surface area (Å²) in [6.07, 6.45) is 3.60. The minimum Gasteiger partial charge on any atom is -0.381 e. The molecule has 2 heterocycles. The number of halogens is 1. The van der Waals surface area contributed by atoms with Gasteiger partial charge in [0.25, 0.3) is 0 Å². The molecule has 0 spiro atoms. The van der Waals surface area contributed by atoms with Gasteiger partial charge in [-0.2, -0.15) is 5.10 Å². The van der Waals surface area contributed by atoms with Crippen LogP contribution in [0.4, 0.5) is 5.82 Å². The predicted octanol–water partition coefficient (Wildman–Crippen LogP) is 0.405. The largest absolute Gasteiger partial charge is 0.381 e. The van der Waals surface area contributed by atoms with Gasteiger partial charge in [-0.15, -0.1) is 5.10 Å². The molecule has 0 aliphatic carbocycles. The molecule has 0 atom stereocenters. The predicted molar refractivity (Wildman–Crippen MR) is 54.4 cm³/mol. The Morgan fingerprint density at radius 3 is 2.79 bits per heavy atom. The van der Waals surface area contributed by atoms with Crippen molar-refractivity contribution in [1.29, 1.82) is 0 Å². The average molecular weight is 257 g/mol. The fourth-order valence-electron chi connectivity index (χ4n) is 1.18. The molecule has 74 valence electrons. The third-order valence-electron chi connectivity index (χ3n) is 1.74. The second-order valence-electron chi connectivity index (χ2n) is 2.96. The molecule has 0 fully saturated rings. The Labute approximate surface area is 88.8 Å². The zero-order valence-electron chi connectivity index (χ0n) is 7.55. The summed E-state index contributed by atoms with van der Waals surface area (Å²) in [7, 11) is 1.87. The molecule has 7 heteroatoms. The maximum atomic E-state index is 5.45. The monoisotopic (exact) mass is 256 g/mol. The second-order valence-corrected chi connectivity index (χ2v) is 3.71. The van der Waals surface area contributed by atoms with Gasteiger partial charge in [-0.05, 0) is 15.9 Å². The highest BCUT2D eigenvalue weighted by atomic mass is 79.9. The SMILES string of the molecule is Cn1cc(Cn2cc(N)nn2)c(Br)n1. The van der Waals surface area contributed by atoms with E-state index in [-0.39, 0.29) is 0 Å². The van der Waals surface area contributed by atoms with Crippen LogP contribution >= 0.6 is 15.9 Å². The van der Waals surface area contributed by atoms with Crippen molar-refractivity contribution in [3.8, 4) is 0 Å². The Kier molecular flexibility index (Phi) is 2.24. The summed E-state index contributed by atoms with van der Waals surface area (Å²) in [6, 6.07) is 0. The minimum absolute atomic E-state index is 0.421. The first-order chi connectivity index (χ1) is 6.65. The van der Waals surface area contributed by atoms with Gasteiger partial charge >= 0.3 is 0 Å². The van der Waals surface area contributed by atoms with Crippen molar-refractivity contribution in [1.82, 2.24) is 24.8 Å². The Balaban J connectivity index is 2.22. The molecule has 2 N–H and O–H groups in total. The van der Waals surface area contributed by atoms with E-state index < -0.39 is 0 Å². The molecule has 2 rings (SSSR count). The zero-order chi connectivity index (χ0) is 10.1. The van der Waals surface area contributed by atoms with Crippen molar-refractivity contribution >= 4 is 21.7 Å². The highest BCUT2D eigenvalue weighted by Gasteiger charge is 2.06. The van der Waals surface area contributed by atoms with Crippen molar-refractivity contribution in [3.63, 3.8) is 0 Å². The van der Waals surface area contributed by atoms with Crippen LogP contribution in [0.5, 0.6) is 0 Å². The second kappa shape index (κ2) is 3.41. The van der Waals surface area contributed by atoms with Gasteiger partial charge in [0.15, 0.2) is 5.82 Å². The van der Waals surface area contributed by atoms with Crippen LogP contribution in [0, 0.1) is 0 Å². The molecule has 0 saturated heterocycles. The lowest BCUT2D eigenvalue weighted by Crippen LogP contribution is -2.00. The molecule has 0 aliphatic rings. The summed E-state index contributed by atoms with van der Waals surface area (Å²) in [5.41, 5.74) is 6.49. The van der Waals surface area contributed by atoms with E-state index in [1.54, 1.807) is 15.6 Å². The fourth-order valence-corrected chi connectivity index (χ4v) is 1.66. The number of hydrogen-bond donors (Lipinski definition) is 1. The Morgan fingerprint density at radius 2 is 2.29 bits per heavy atom. The molecule has 0 radical (unpaired) electrons. The molecule has 2 aromatic heterocycles. The fraction of sp³-hybridized carbons (Fsp3) is 0.286. The zero-order valence-corrected chi connectivity index (χ0v) is 9.14. The van der Waals surface area contributed by atoms with Crippen molar-refractivity contribution in [3.05, 3.63) is 22.6 Å². The molecule has 0 saturated carbocycles. The topological polar surface area (TPSA) is 74.5 Å². The molecule has 14 heavy (non-hydrogen) atoms. The molecule has 0 bridgehead atoms. The number of aromatic nitrogens is 5. The third-order valence-corrected chi connectivity index (χ3v) is 2.41. The number of nitrogens with two attached hydrogens (primary N) is 1. The smallest absolute Gasteiger partial charge is 0.165 e. The molecule has 6 nitrogen and oxygen atoms in total. The summed E-state index contributed by atoms with van der Waals surface area (Å²) in [4.78, 5) is 0. The van der Waals surface area contributed by atoms with Crippen molar-refractivity contribution < 1.29 is 0 Å². The molecule has 0 aliphatic heterocycles. The summed E-state index contributed by atoms with van der Waals surface area (Å²) in [5, 5.41) is 11.7.